The standard InChI is InChI=1S/C13H12F4N2S/c1-7-8(2)20-12(19-7)6-18-9-3-4-11(14)10(5-9)13(15,16)17/h3-5,18H,6H2,1-2H3. The Morgan fingerprint density at radius 3 is 2.50 bits per heavy atom. The van der Waals surface area contributed by atoms with E-state index in [4.69, 9.17) is 0 Å². The molecule has 0 aliphatic rings. The number of rotatable bonds is 3. The minimum absolute atomic E-state index is 0.212. The number of alkyl halides is 3. The minimum Gasteiger partial charge on any atom is -0.379 e. The molecule has 0 fully saturated rings. The Bertz CT molecular complexity index is 600. The van der Waals surface area contributed by atoms with Crippen LogP contribution in [0.2, 0.25) is 0 Å². The van der Waals surface area contributed by atoms with Gasteiger partial charge in [0, 0.05) is 10.6 Å². The number of thiazole rings is 1. The Morgan fingerprint density at radius 2 is 1.95 bits per heavy atom. The molecule has 0 aliphatic carbocycles. The van der Waals surface area contributed by atoms with E-state index < -0.39 is 17.6 Å². The average molecular weight is 304 g/mol. The molecular weight excluding hydrogens is 292 g/mol. The van der Waals surface area contributed by atoms with Gasteiger partial charge in [0.25, 0.3) is 0 Å². The summed E-state index contributed by atoms with van der Waals surface area (Å²) in [5, 5.41) is 3.60. The van der Waals surface area contributed by atoms with Crippen LogP contribution in [0.1, 0.15) is 21.1 Å². The van der Waals surface area contributed by atoms with Crippen molar-refractivity contribution in [3.63, 3.8) is 0 Å². The Kier molecular flexibility index (Phi) is 3.99. The van der Waals surface area contributed by atoms with Gasteiger partial charge in [-0.05, 0) is 32.0 Å². The van der Waals surface area contributed by atoms with Crippen LogP contribution >= 0.6 is 11.3 Å². The van der Waals surface area contributed by atoms with E-state index in [-0.39, 0.29) is 5.69 Å². The first-order valence-electron chi connectivity index (χ1n) is 5.81. The van der Waals surface area contributed by atoms with Crippen LogP contribution in [0.25, 0.3) is 0 Å². The van der Waals surface area contributed by atoms with Gasteiger partial charge in [-0.1, -0.05) is 0 Å². The van der Waals surface area contributed by atoms with E-state index in [0.717, 1.165) is 27.7 Å². The lowest BCUT2D eigenvalue weighted by atomic mass is 10.2. The summed E-state index contributed by atoms with van der Waals surface area (Å²) in [5.41, 5.74) is -0.153. The van der Waals surface area contributed by atoms with Crippen molar-refractivity contribution in [1.82, 2.24) is 4.98 Å². The fraction of sp³-hybridized carbons (Fsp3) is 0.308. The van der Waals surface area contributed by atoms with Gasteiger partial charge in [0.2, 0.25) is 0 Å². The van der Waals surface area contributed by atoms with Crippen LogP contribution in [0.5, 0.6) is 0 Å². The Labute approximate surface area is 117 Å². The molecule has 7 heteroatoms. The lowest BCUT2D eigenvalue weighted by Crippen LogP contribution is -2.09. The average Bonchev–Trinajstić information content (AvgIpc) is 2.66. The molecule has 1 heterocycles. The minimum atomic E-state index is -4.70. The molecule has 0 atom stereocenters. The molecule has 2 aromatic rings. The third kappa shape index (κ3) is 3.27. The summed E-state index contributed by atoms with van der Waals surface area (Å²) in [6.07, 6.45) is -4.70. The van der Waals surface area contributed by atoms with Crippen molar-refractivity contribution in [2.24, 2.45) is 0 Å². The van der Waals surface area contributed by atoms with Crippen LogP contribution in [0.3, 0.4) is 0 Å². The maximum atomic E-state index is 13.1. The predicted molar refractivity (Wildman–Crippen MR) is 70.3 cm³/mol. The molecule has 20 heavy (non-hydrogen) atoms. The second kappa shape index (κ2) is 5.40. The fourth-order valence-corrected chi connectivity index (χ4v) is 2.52. The molecule has 1 aromatic carbocycles. The smallest absolute Gasteiger partial charge is 0.379 e. The lowest BCUT2D eigenvalue weighted by molar-refractivity contribution is -0.139. The van der Waals surface area contributed by atoms with Crippen LogP contribution in [0.15, 0.2) is 18.2 Å². The maximum absolute atomic E-state index is 13.1. The highest BCUT2D eigenvalue weighted by Crippen LogP contribution is 2.33. The van der Waals surface area contributed by atoms with Crippen molar-refractivity contribution in [1.29, 1.82) is 0 Å². The predicted octanol–water partition coefficient (Wildman–Crippen LogP) is 4.53. The SMILES string of the molecule is Cc1nc(CNc2ccc(F)c(C(F)(F)F)c2)sc1C. The molecule has 1 N–H and O–H groups in total. The van der Waals surface area contributed by atoms with Crippen LogP contribution in [0, 0.1) is 19.7 Å². The summed E-state index contributed by atoms with van der Waals surface area (Å²) in [6.45, 7) is 4.10. The number of hydrogen-bond donors (Lipinski definition) is 1. The van der Waals surface area contributed by atoms with Crippen molar-refractivity contribution >= 4 is 17.0 Å². The molecular formula is C13H12F4N2S. The zero-order valence-electron chi connectivity index (χ0n) is 10.8. The van der Waals surface area contributed by atoms with E-state index in [1.54, 1.807) is 0 Å². The first-order valence-corrected chi connectivity index (χ1v) is 6.62. The number of aryl methyl sites for hydroxylation is 2. The molecule has 0 aliphatic heterocycles. The summed E-state index contributed by atoms with van der Waals surface area (Å²) in [6, 6.07) is 2.85. The van der Waals surface area contributed by atoms with E-state index in [0.29, 0.717) is 6.54 Å². The first kappa shape index (κ1) is 14.8. The molecule has 0 saturated carbocycles. The maximum Gasteiger partial charge on any atom is 0.419 e. The van der Waals surface area contributed by atoms with E-state index in [2.05, 4.69) is 10.3 Å². The second-order valence-electron chi connectivity index (χ2n) is 4.30. The molecule has 1 aromatic heterocycles. The molecule has 108 valence electrons. The number of halogens is 4. The van der Waals surface area contributed by atoms with E-state index >= 15 is 0 Å². The summed E-state index contributed by atoms with van der Waals surface area (Å²) >= 11 is 1.48. The zero-order valence-corrected chi connectivity index (χ0v) is 11.6. The Hall–Kier alpha value is -1.63. The molecule has 2 nitrogen and oxygen atoms in total. The van der Waals surface area contributed by atoms with Crippen LogP contribution < -0.4 is 5.32 Å². The highest BCUT2D eigenvalue weighted by Gasteiger charge is 2.34. The van der Waals surface area contributed by atoms with Crippen LogP contribution in [-0.4, -0.2) is 4.98 Å². The number of nitrogens with zero attached hydrogens (tertiary/aromatic N) is 1. The van der Waals surface area contributed by atoms with Gasteiger partial charge in [-0.15, -0.1) is 11.3 Å². The summed E-state index contributed by atoms with van der Waals surface area (Å²) in [4.78, 5) is 5.34. The van der Waals surface area contributed by atoms with Gasteiger partial charge in [-0.3, -0.25) is 0 Å². The molecule has 0 unspecified atom stereocenters. The molecule has 0 amide bonds. The van der Waals surface area contributed by atoms with Crippen molar-refractivity contribution in [2.75, 3.05) is 5.32 Å². The van der Waals surface area contributed by atoms with Crippen molar-refractivity contribution in [3.05, 3.63) is 45.2 Å². The Balaban J connectivity index is 2.14. The van der Waals surface area contributed by atoms with Crippen molar-refractivity contribution < 1.29 is 17.6 Å². The number of nitrogens with one attached hydrogen (secondary N) is 1. The zero-order chi connectivity index (χ0) is 14.9. The van der Waals surface area contributed by atoms with Crippen LogP contribution in [0.4, 0.5) is 23.2 Å². The van der Waals surface area contributed by atoms with Gasteiger partial charge in [0.1, 0.15) is 10.8 Å². The normalized spacial score (nSPS) is 11.7. The third-order valence-corrected chi connectivity index (χ3v) is 3.86. The summed E-state index contributed by atoms with van der Waals surface area (Å²) < 4.78 is 50.8. The van der Waals surface area contributed by atoms with Gasteiger partial charge in [-0.2, -0.15) is 13.2 Å². The molecule has 0 radical (unpaired) electrons. The van der Waals surface area contributed by atoms with E-state index in [9.17, 15) is 17.6 Å². The lowest BCUT2D eigenvalue weighted by Gasteiger charge is -2.11. The number of aromatic nitrogens is 1. The topological polar surface area (TPSA) is 24.9 Å². The first-order chi connectivity index (χ1) is 9.27. The quantitative estimate of drug-likeness (QED) is 0.843. The van der Waals surface area contributed by atoms with Gasteiger partial charge in [0.05, 0.1) is 17.8 Å². The second-order valence-corrected chi connectivity index (χ2v) is 5.58. The number of hydrogen-bond acceptors (Lipinski definition) is 3. The van der Waals surface area contributed by atoms with Crippen LogP contribution in [-0.2, 0) is 12.7 Å². The number of benzene rings is 1. The molecule has 0 bridgehead atoms. The summed E-state index contributed by atoms with van der Waals surface area (Å²) in [5.74, 6) is -1.27. The largest absolute Gasteiger partial charge is 0.419 e. The molecule has 2 rings (SSSR count). The van der Waals surface area contributed by atoms with Gasteiger partial charge >= 0.3 is 6.18 Å². The van der Waals surface area contributed by atoms with E-state index in [1.165, 1.54) is 17.4 Å². The third-order valence-electron chi connectivity index (χ3n) is 2.79. The highest BCUT2D eigenvalue weighted by molar-refractivity contribution is 7.11. The van der Waals surface area contributed by atoms with Gasteiger partial charge < -0.3 is 5.32 Å². The fourth-order valence-electron chi connectivity index (χ4n) is 1.64. The van der Waals surface area contributed by atoms with Gasteiger partial charge in [-0.25, -0.2) is 9.37 Å². The molecule has 0 spiro atoms. The number of anilines is 1. The highest BCUT2D eigenvalue weighted by atomic mass is 32.1. The van der Waals surface area contributed by atoms with E-state index in [1.807, 2.05) is 13.8 Å². The van der Waals surface area contributed by atoms with Gasteiger partial charge in [0.15, 0.2) is 0 Å². The summed E-state index contributed by atoms with van der Waals surface area (Å²) in [7, 11) is 0. The monoisotopic (exact) mass is 304 g/mol. The molecule has 0 saturated heterocycles. The van der Waals surface area contributed by atoms with Crippen molar-refractivity contribution in [2.45, 2.75) is 26.6 Å². The Morgan fingerprint density at radius 1 is 1.25 bits per heavy atom. The van der Waals surface area contributed by atoms with Crippen molar-refractivity contribution in [3.8, 4) is 0 Å².